The van der Waals surface area contributed by atoms with E-state index in [9.17, 15) is 4.79 Å². The zero-order valence-electron chi connectivity index (χ0n) is 12.5. The summed E-state index contributed by atoms with van der Waals surface area (Å²) in [5.41, 5.74) is 0. The molecule has 2 heterocycles. The van der Waals surface area contributed by atoms with Gasteiger partial charge in [0.25, 0.3) is 0 Å². The van der Waals surface area contributed by atoms with Crippen LogP contribution in [0.5, 0.6) is 0 Å². The lowest BCUT2D eigenvalue weighted by Gasteiger charge is -2.35. The second-order valence-electron chi connectivity index (χ2n) is 5.08. The van der Waals surface area contributed by atoms with Crippen LogP contribution in [-0.2, 0) is 4.79 Å². The van der Waals surface area contributed by atoms with Crippen molar-refractivity contribution in [1.82, 2.24) is 14.9 Å². The van der Waals surface area contributed by atoms with E-state index in [-0.39, 0.29) is 5.91 Å². The van der Waals surface area contributed by atoms with Gasteiger partial charge in [-0.2, -0.15) is 0 Å². The van der Waals surface area contributed by atoms with E-state index in [1.54, 1.807) is 6.92 Å². The van der Waals surface area contributed by atoms with E-state index in [2.05, 4.69) is 27.1 Å². The summed E-state index contributed by atoms with van der Waals surface area (Å²) in [5.74, 6) is 2.74. The minimum Gasteiger partial charge on any atom is -0.370 e. The highest BCUT2D eigenvalue weighted by Crippen LogP contribution is 2.17. The summed E-state index contributed by atoms with van der Waals surface area (Å²) in [6, 6.07) is 1.99. The molecule has 6 nitrogen and oxygen atoms in total. The number of anilines is 2. The number of hydrogen-bond acceptors (Lipinski definition) is 5. The van der Waals surface area contributed by atoms with Gasteiger partial charge in [-0.1, -0.05) is 6.92 Å². The Morgan fingerprint density at radius 2 is 2.00 bits per heavy atom. The number of carbonyl (C=O) groups excluding carboxylic acids is 1. The maximum atomic E-state index is 11.3. The second-order valence-corrected chi connectivity index (χ2v) is 5.08. The van der Waals surface area contributed by atoms with Gasteiger partial charge >= 0.3 is 0 Å². The summed E-state index contributed by atoms with van der Waals surface area (Å²) < 4.78 is 0. The smallest absolute Gasteiger partial charge is 0.219 e. The van der Waals surface area contributed by atoms with E-state index < -0.39 is 0 Å². The molecule has 0 atom stereocenters. The molecule has 0 spiro atoms. The Bertz CT molecular complexity index is 469. The van der Waals surface area contributed by atoms with E-state index in [1.165, 1.54) is 0 Å². The van der Waals surface area contributed by atoms with E-state index >= 15 is 0 Å². The molecule has 6 heteroatoms. The Hall–Kier alpha value is -1.85. The summed E-state index contributed by atoms with van der Waals surface area (Å²) in [4.78, 5) is 24.3. The fourth-order valence-corrected chi connectivity index (χ4v) is 2.31. The quantitative estimate of drug-likeness (QED) is 0.898. The van der Waals surface area contributed by atoms with E-state index in [0.717, 1.165) is 56.6 Å². The summed E-state index contributed by atoms with van der Waals surface area (Å²) in [7, 11) is 0. The van der Waals surface area contributed by atoms with Gasteiger partial charge in [0, 0.05) is 45.7 Å². The zero-order chi connectivity index (χ0) is 14.5. The third-order valence-corrected chi connectivity index (χ3v) is 3.43. The van der Waals surface area contributed by atoms with E-state index in [1.807, 2.05) is 17.9 Å². The van der Waals surface area contributed by atoms with Crippen molar-refractivity contribution < 1.29 is 4.79 Å². The molecular weight excluding hydrogens is 254 g/mol. The maximum absolute atomic E-state index is 11.3. The standard InChI is InChI=1S/C14H23N5O/c1-4-5-15-13-10-14(17-11(2)16-13)19-8-6-18(7-9-19)12(3)20/h10H,4-9H2,1-3H3,(H,15,16,17). The van der Waals surface area contributed by atoms with Gasteiger partial charge in [-0.15, -0.1) is 0 Å². The fraction of sp³-hybridized carbons (Fsp3) is 0.643. The van der Waals surface area contributed by atoms with Gasteiger partial charge in [-0.05, 0) is 13.3 Å². The van der Waals surface area contributed by atoms with Gasteiger partial charge < -0.3 is 15.1 Å². The summed E-state index contributed by atoms with van der Waals surface area (Å²) in [6.07, 6.45) is 1.07. The molecule has 1 aromatic heterocycles. The highest BCUT2D eigenvalue weighted by Gasteiger charge is 2.20. The Balaban J connectivity index is 2.05. The van der Waals surface area contributed by atoms with Crippen LogP contribution in [0.25, 0.3) is 0 Å². The molecule has 0 aliphatic carbocycles. The van der Waals surface area contributed by atoms with E-state index in [0.29, 0.717) is 0 Å². The van der Waals surface area contributed by atoms with Crippen molar-refractivity contribution >= 4 is 17.5 Å². The van der Waals surface area contributed by atoms with Crippen LogP contribution in [0.1, 0.15) is 26.1 Å². The van der Waals surface area contributed by atoms with Crippen molar-refractivity contribution in [3.8, 4) is 0 Å². The number of hydrogen-bond donors (Lipinski definition) is 1. The molecule has 1 fully saturated rings. The normalized spacial score (nSPS) is 15.3. The van der Waals surface area contributed by atoms with Crippen LogP contribution in [0.4, 0.5) is 11.6 Å². The van der Waals surface area contributed by atoms with Crippen LogP contribution in [0.3, 0.4) is 0 Å². The summed E-state index contributed by atoms with van der Waals surface area (Å²) in [5, 5.41) is 3.30. The van der Waals surface area contributed by atoms with Crippen molar-refractivity contribution in [2.24, 2.45) is 0 Å². The summed E-state index contributed by atoms with van der Waals surface area (Å²) >= 11 is 0. The molecule has 0 radical (unpaired) electrons. The van der Waals surface area contributed by atoms with Crippen LogP contribution >= 0.6 is 0 Å². The number of carbonyl (C=O) groups is 1. The van der Waals surface area contributed by atoms with Gasteiger partial charge in [0.1, 0.15) is 17.5 Å². The maximum Gasteiger partial charge on any atom is 0.219 e. The van der Waals surface area contributed by atoms with Crippen molar-refractivity contribution in [2.45, 2.75) is 27.2 Å². The van der Waals surface area contributed by atoms with Crippen molar-refractivity contribution in [3.63, 3.8) is 0 Å². The Morgan fingerprint density at radius 1 is 1.30 bits per heavy atom. The molecule has 1 N–H and O–H groups in total. The monoisotopic (exact) mass is 277 g/mol. The van der Waals surface area contributed by atoms with Gasteiger partial charge in [0.15, 0.2) is 0 Å². The molecule has 0 bridgehead atoms. The van der Waals surface area contributed by atoms with Gasteiger partial charge in [0.05, 0.1) is 0 Å². The highest BCUT2D eigenvalue weighted by atomic mass is 16.2. The predicted molar refractivity (Wildman–Crippen MR) is 80.0 cm³/mol. The number of aromatic nitrogens is 2. The minimum atomic E-state index is 0.147. The molecule has 1 amide bonds. The molecule has 110 valence electrons. The predicted octanol–water partition coefficient (Wildman–Crippen LogP) is 1.28. The van der Waals surface area contributed by atoms with Crippen LogP contribution < -0.4 is 10.2 Å². The molecule has 1 aliphatic heterocycles. The number of rotatable bonds is 4. The molecule has 0 unspecified atom stereocenters. The number of piperazine rings is 1. The lowest BCUT2D eigenvalue weighted by atomic mass is 10.3. The van der Waals surface area contributed by atoms with Crippen LogP contribution in [-0.4, -0.2) is 53.5 Å². The first-order valence-electron chi connectivity index (χ1n) is 7.20. The fourth-order valence-electron chi connectivity index (χ4n) is 2.31. The molecule has 1 aromatic rings. The topological polar surface area (TPSA) is 61.4 Å². The lowest BCUT2D eigenvalue weighted by Crippen LogP contribution is -2.48. The molecule has 0 saturated carbocycles. The number of nitrogens with one attached hydrogen (secondary N) is 1. The molecule has 20 heavy (non-hydrogen) atoms. The first-order chi connectivity index (χ1) is 9.60. The van der Waals surface area contributed by atoms with Crippen LogP contribution in [0.2, 0.25) is 0 Å². The van der Waals surface area contributed by atoms with Crippen molar-refractivity contribution in [3.05, 3.63) is 11.9 Å². The Labute approximate surface area is 120 Å². The molecule has 0 aromatic carbocycles. The summed E-state index contributed by atoms with van der Waals surface area (Å²) in [6.45, 7) is 9.74. The van der Waals surface area contributed by atoms with Gasteiger partial charge in [-0.25, -0.2) is 9.97 Å². The molecule has 2 rings (SSSR count). The van der Waals surface area contributed by atoms with Crippen molar-refractivity contribution in [1.29, 1.82) is 0 Å². The third kappa shape index (κ3) is 3.59. The van der Waals surface area contributed by atoms with Gasteiger partial charge in [-0.3, -0.25) is 4.79 Å². The number of nitrogens with zero attached hydrogens (tertiary/aromatic N) is 4. The van der Waals surface area contributed by atoms with Crippen LogP contribution in [0, 0.1) is 6.92 Å². The minimum absolute atomic E-state index is 0.147. The van der Waals surface area contributed by atoms with E-state index in [4.69, 9.17) is 0 Å². The Kier molecular flexibility index (Phi) is 4.76. The first kappa shape index (κ1) is 14.6. The van der Waals surface area contributed by atoms with Gasteiger partial charge in [0.2, 0.25) is 5.91 Å². The second kappa shape index (κ2) is 6.54. The third-order valence-electron chi connectivity index (χ3n) is 3.43. The lowest BCUT2D eigenvalue weighted by molar-refractivity contribution is -0.129. The molecule has 1 saturated heterocycles. The first-order valence-corrected chi connectivity index (χ1v) is 7.20. The Morgan fingerprint density at radius 3 is 2.60 bits per heavy atom. The zero-order valence-corrected chi connectivity index (χ0v) is 12.5. The largest absolute Gasteiger partial charge is 0.370 e. The molecule has 1 aliphatic rings. The number of aryl methyl sites for hydroxylation is 1. The van der Waals surface area contributed by atoms with Crippen LogP contribution in [0.15, 0.2) is 6.07 Å². The molecular formula is C14H23N5O. The average Bonchev–Trinajstić information content (AvgIpc) is 2.44. The average molecular weight is 277 g/mol. The van der Waals surface area contributed by atoms with Crippen molar-refractivity contribution in [2.75, 3.05) is 42.9 Å². The SMILES string of the molecule is CCCNc1cc(N2CCN(C(C)=O)CC2)nc(C)n1. The highest BCUT2D eigenvalue weighted by molar-refractivity contribution is 5.73. The number of amides is 1.